The van der Waals surface area contributed by atoms with Crippen LogP contribution in [0.3, 0.4) is 0 Å². The maximum absolute atomic E-state index is 12.9. The Morgan fingerprint density at radius 1 is 1.00 bits per heavy atom. The normalized spacial score (nSPS) is 13.9. The number of nitrogens with two attached hydrogens (primary N) is 1. The minimum Gasteiger partial charge on any atom is -0.320 e. The van der Waals surface area contributed by atoms with Crippen LogP contribution in [0, 0.1) is 17.5 Å². The van der Waals surface area contributed by atoms with Crippen LogP contribution in [0.4, 0.5) is 26.3 Å². The molecule has 0 spiro atoms. The fourth-order valence-electron chi connectivity index (χ4n) is 1.07. The van der Waals surface area contributed by atoms with Crippen LogP contribution in [0.2, 0.25) is 0 Å². The highest BCUT2D eigenvalue weighted by molar-refractivity contribution is 5.21. The van der Waals surface area contributed by atoms with E-state index in [9.17, 15) is 26.3 Å². The van der Waals surface area contributed by atoms with E-state index >= 15 is 0 Å². The third-order valence-corrected chi connectivity index (χ3v) is 1.95. The lowest BCUT2D eigenvalue weighted by atomic mass is 10.1. The molecule has 0 heterocycles. The van der Waals surface area contributed by atoms with Gasteiger partial charge in [0.05, 0.1) is 0 Å². The molecule has 2 N–H and O–H groups in total. The second-order valence-corrected chi connectivity index (χ2v) is 3.21. The Kier molecular flexibility index (Phi) is 3.47. The largest absolute Gasteiger partial charge is 0.403 e. The van der Waals surface area contributed by atoms with Gasteiger partial charge in [-0.05, 0) is 18.1 Å². The lowest BCUT2D eigenvalue weighted by molar-refractivity contribution is -0.147. The summed E-state index contributed by atoms with van der Waals surface area (Å²) in [6, 6.07) is -1.75. The summed E-state index contributed by atoms with van der Waals surface area (Å²) in [7, 11) is 0. The van der Waals surface area contributed by atoms with Crippen molar-refractivity contribution in [3.05, 3.63) is 35.1 Å². The summed E-state index contributed by atoms with van der Waals surface area (Å²) in [6.45, 7) is 0. The highest BCUT2D eigenvalue weighted by atomic mass is 19.4. The van der Waals surface area contributed by atoms with Gasteiger partial charge in [0.2, 0.25) is 0 Å². The SMILES string of the molecule is NC(Cc1cc(F)c(F)cc1F)C(F)(F)F. The third-order valence-electron chi connectivity index (χ3n) is 1.95. The zero-order valence-electron chi connectivity index (χ0n) is 7.78. The topological polar surface area (TPSA) is 26.0 Å². The molecule has 7 heteroatoms. The van der Waals surface area contributed by atoms with E-state index in [1.54, 1.807) is 0 Å². The van der Waals surface area contributed by atoms with E-state index in [0.29, 0.717) is 6.07 Å². The summed E-state index contributed by atoms with van der Waals surface area (Å²) in [6.07, 6.45) is -5.65. The highest BCUT2D eigenvalue weighted by Crippen LogP contribution is 2.23. The van der Waals surface area contributed by atoms with Gasteiger partial charge in [0.25, 0.3) is 0 Å². The molecule has 0 saturated heterocycles. The van der Waals surface area contributed by atoms with Crippen LogP contribution in [0.1, 0.15) is 5.56 Å². The molecule has 0 saturated carbocycles. The Labute approximate surface area is 86.9 Å². The minimum atomic E-state index is -4.71. The first-order chi connectivity index (χ1) is 7.21. The fourth-order valence-corrected chi connectivity index (χ4v) is 1.07. The molecule has 0 bridgehead atoms. The number of hydrogen-bond acceptors (Lipinski definition) is 1. The first kappa shape index (κ1) is 12.8. The monoisotopic (exact) mass is 243 g/mol. The number of rotatable bonds is 2. The van der Waals surface area contributed by atoms with Crippen molar-refractivity contribution in [1.29, 1.82) is 0 Å². The molecule has 0 aliphatic rings. The van der Waals surface area contributed by atoms with E-state index in [-0.39, 0.29) is 6.07 Å². The standard InChI is InChI=1S/C9H7F6N/c10-5-3-7(12)6(11)1-4(5)2-8(16)9(13,14)15/h1,3,8H,2,16H2. The van der Waals surface area contributed by atoms with Crippen molar-refractivity contribution in [1.82, 2.24) is 0 Å². The molecule has 0 aliphatic carbocycles. The van der Waals surface area contributed by atoms with E-state index in [1.165, 1.54) is 0 Å². The van der Waals surface area contributed by atoms with Crippen LogP contribution in [0.5, 0.6) is 0 Å². The molecule has 1 aromatic rings. The van der Waals surface area contributed by atoms with Crippen molar-refractivity contribution in [2.75, 3.05) is 0 Å². The molecule has 0 aromatic heterocycles. The van der Waals surface area contributed by atoms with E-state index in [1.807, 2.05) is 0 Å². The van der Waals surface area contributed by atoms with Crippen LogP contribution in [-0.4, -0.2) is 12.2 Å². The molecule has 1 nitrogen and oxygen atoms in total. The number of benzene rings is 1. The van der Waals surface area contributed by atoms with Gasteiger partial charge in [0, 0.05) is 6.07 Å². The minimum absolute atomic E-state index is 0.188. The Morgan fingerprint density at radius 3 is 2.00 bits per heavy atom. The summed E-state index contributed by atoms with van der Waals surface area (Å²) >= 11 is 0. The van der Waals surface area contributed by atoms with Crippen molar-refractivity contribution in [3.63, 3.8) is 0 Å². The first-order valence-electron chi connectivity index (χ1n) is 4.17. The maximum atomic E-state index is 12.9. The Balaban J connectivity index is 2.94. The Hall–Kier alpha value is -1.24. The number of halogens is 6. The summed E-state index contributed by atoms with van der Waals surface area (Å²) in [5, 5.41) is 0. The summed E-state index contributed by atoms with van der Waals surface area (Å²) in [5.74, 6) is -4.12. The molecular weight excluding hydrogens is 236 g/mol. The number of hydrogen-bond donors (Lipinski definition) is 1. The van der Waals surface area contributed by atoms with E-state index < -0.39 is 41.7 Å². The predicted octanol–water partition coefficient (Wildman–Crippen LogP) is 2.54. The van der Waals surface area contributed by atoms with Crippen LogP contribution >= 0.6 is 0 Å². The number of alkyl halides is 3. The zero-order chi connectivity index (χ0) is 12.5. The molecule has 1 unspecified atom stereocenters. The molecule has 16 heavy (non-hydrogen) atoms. The first-order valence-corrected chi connectivity index (χ1v) is 4.17. The molecule has 0 amide bonds. The van der Waals surface area contributed by atoms with E-state index in [0.717, 1.165) is 0 Å². The van der Waals surface area contributed by atoms with Crippen LogP contribution in [0.15, 0.2) is 12.1 Å². The van der Waals surface area contributed by atoms with Crippen LogP contribution < -0.4 is 5.73 Å². The van der Waals surface area contributed by atoms with Gasteiger partial charge in [0.15, 0.2) is 11.6 Å². The van der Waals surface area contributed by atoms with Gasteiger partial charge in [-0.25, -0.2) is 13.2 Å². The average molecular weight is 243 g/mol. The van der Waals surface area contributed by atoms with Crippen LogP contribution in [0.25, 0.3) is 0 Å². The van der Waals surface area contributed by atoms with Gasteiger partial charge in [-0.2, -0.15) is 13.2 Å². The Morgan fingerprint density at radius 2 is 1.50 bits per heavy atom. The zero-order valence-corrected chi connectivity index (χ0v) is 7.78. The van der Waals surface area contributed by atoms with Crippen LogP contribution in [-0.2, 0) is 6.42 Å². The van der Waals surface area contributed by atoms with E-state index in [4.69, 9.17) is 5.73 Å². The second kappa shape index (κ2) is 4.32. The summed E-state index contributed by atoms with van der Waals surface area (Å²) < 4.78 is 74.1. The van der Waals surface area contributed by atoms with Crippen molar-refractivity contribution in [2.24, 2.45) is 5.73 Å². The van der Waals surface area contributed by atoms with Gasteiger partial charge in [-0.15, -0.1) is 0 Å². The lowest BCUT2D eigenvalue weighted by Crippen LogP contribution is -2.39. The lowest BCUT2D eigenvalue weighted by Gasteiger charge is -2.15. The quantitative estimate of drug-likeness (QED) is 0.627. The smallest absolute Gasteiger partial charge is 0.320 e. The van der Waals surface area contributed by atoms with Crippen molar-refractivity contribution >= 4 is 0 Å². The molecule has 1 atom stereocenters. The Bertz CT molecular complexity index is 386. The molecule has 90 valence electrons. The summed E-state index contributed by atoms with van der Waals surface area (Å²) in [4.78, 5) is 0. The third kappa shape index (κ3) is 2.88. The molecule has 0 radical (unpaired) electrons. The van der Waals surface area contributed by atoms with Crippen molar-refractivity contribution in [3.8, 4) is 0 Å². The van der Waals surface area contributed by atoms with Gasteiger partial charge >= 0.3 is 6.18 Å². The van der Waals surface area contributed by atoms with Gasteiger partial charge < -0.3 is 5.73 Å². The molecular formula is C9H7F6N. The van der Waals surface area contributed by atoms with Gasteiger partial charge in [-0.3, -0.25) is 0 Å². The van der Waals surface area contributed by atoms with Crippen molar-refractivity contribution < 1.29 is 26.3 Å². The van der Waals surface area contributed by atoms with Gasteiger partial charge in [0.1, 0.15) is 11.9 Å². The van der Waals surface area contributed by atoms with Crippen molar-refractivity contribution in [2.45, 2.75) is 18.6 Å². The fraction of sp³-hybridized carbons (Fsp3) is 0.333. The average Bonchev–Trinajstić information content (AvgIpc) is 2.12. The summed E-state index contributed by atoms with van der Waals surface area (Å²) in [5.41, 5.74) is 4.12. The van der Waals surface area contributed by atoms with E-state index in [2.05, 4.69) is 0 Å². The highest BCUT2D eigenvalue weighted by Gasteiger charge is 2.37. The molecule has 0 fully saturated rings. The molecule has 0 aliphatic heterocycles. The predicted molar refractivity (Wildman–Crippen MR) is 44.1 cm³/mol. The maximum Gasteiger partial charge on any atom is 0.403 e. The molecule has 1 aromatic carbocycles. The molecule has 1 rings (SSSR count). The van der Waals surface area contributed by atoms with Gasteiger partial charge in [-0.1, -0.05) is 0 Å². The second-order valence-electron chi connectivity index (χ2n) is 3.21.